The smallest absolute Gasteiger partial charge is 0.227 e. The molecule has 0 spiro atoms. The highest BCUT2D eigenvalue weighted by molar-refractivity contribution is 5.83. The lowest BCUT2D eigenvalue weighted by Crippen LogP contribution is -2.46. The quantitative estimate of drug-likeness (QED) is 0.772. The third-order valence-corrected chi connectivity index (χ3v) is 4.46. The molecule has 0 aromatic rings. The van der Waals surface area contributed by atoms with Crippen LogP contribution in [0.15, 0.2) is 0 Å². The third-order valence-electron chi connectivity index (χ3n) is 4.46. The Labute approximate surface area is 103 Å². The molecule has 2 fully saturated rings. The van der Waals surface area contributed by atoms with Gasteiger partial charge in [-0.2, -0.15) is 0 Å². The van der Waals surface area contributed by atoms with Crippen LogP contribution in [0.1, 0.15) is 39.0 Å². The van der Waals surface area contributed by atoms with Gasteiger partial charge in [0.15, 0.2) is 0 Å². The zero-order valence-corrected chi connectivity index (χ0v) is 10.9. The van der Waals surface area contributed by atoms with Gasteiger partial charge >= 0.3 is 0 Å². The molecule has 17 heavy (non-hydrogen) atoms. The average molecular weight is 240 g/mol. The summed E-state index contributed by atoms with van der Waals surface area (Å²) in [4.78, 5) is 12.4. The lowest BCUT2D eigenvalue weighted by Gasteiger charge is -2.27. The van der Waals surface area contributed by atoms with Gasteiger partial charge in [0.2, 0.25) is 5.91 Å². The second-order valence-corrected chi connectivity index (χ2v) is 5.40. The van der Waals surface area contributed by atoms with E-state index in [2.05, 4.69) is 17.6 Å². The molecular formula is C13H24N2O2. The Morgan fingerprint density at radius 2 is 2.35 bits per heavy atom. The van der Waals surface area contributed by atoms with Crippen LogP contribution in [0.25, 0.3) is 0 Å². The number of carbonyl (C=O) groups is 1. The summed E-state index contributed by atoms with van der Waals surface area (Å²) in [6.07, 6.45) is 5.31. The van der Waals surface area contributed by atoms with Gasteiger partial charge in [-0.05, 0) is 38.6 Å². The normalized spacial score (nSPS) is 37.3. The van der Waals surface area contributed by atoms with Gasteiger partial charge in [0.25, 0.3) is 0 Å². The molecule has 2 rings (SSSR count). The van der Waals surface area contributed by atoms with Crippen molar-refractivity contribution in [3.63, 3.8) is 0 Å². The molecule has 1 amide bonds. The lowest BCUT2D eigenvalue weighted by molar-refractivity contribution is -0.131. The second kappa shape index (κ2) is 5.36. The van der Waals surface area contributed by atoms with Crippen molar-refractivity contribution < 1.29 is 9.53 Å². The number of carbonyl (C=O) groups excluding carboxylic acids is 1. The van der Waals surface area contributed by atoms with E-state index in [9.17, 15) is 4.79 Å². The number of hydrogen-bond donors (Lipinski definition) is 2. The first-order valence-electron chi connectivity index (χ1n) is 6.74. The fraction of sp³-hybridized carbons (Fsp3) is 0.923. The molecule has 4 heteroatoms. The maximum Gasteiger partial charge on any atom is 0.227 e. The first kappa shape index (κ1) is 12.8. The van der Waals surface area contributed by atoms with Crippen LogP contribution in [0.4, 0.5) is 0 Å². The Hall–Kier alpha value is -0.610. The third kappa shape index (κ3) is 2.63. The molecule has 0 aromatic heterocycles. The van der Waals surface area contributed by atoms with Crippen LogP contribution in [0, 0.1) is 5.41 Å². The monoisotopic (exact) mass is 240 g/mol. The predicted molar refractivity (Wildman–Crippen MR) is 66.8 cm³/mol. The maximum absolute atomic E-state index is 12.4. The molecule has 1 aliphatic carbocycles. The highest BCUT2D eigenvalue weighted by Crippen LogP contribution is 2.31. The molecule has 0 bridgehead atoms. The van der Waals surface area contributed by atoms with Gasteiger partial charge in [0, 0.05) is 19.7 Å². The highest BCUT2D eigenvalue weighted by Gasteiger charge is 2.40. The average Bonchev–Trinajstić information content (AvgIpc) is 2.97. The Morgan fingerprint density at radius 3 is 2.88 bits per heavy atom. The number of rotatable bonds is 4. The molecule has 0 radical (unpaired) electrons. The molecule has 2 aliphatic rings. The van der Waals surface area contributed by atoms with Gasteiger partial charge in [-0.15, -0.1) is 0 Å². The molecule has 3 atom stereocenters. The van der Waals surface area contributed by atoms with Gasteiger partial charge in [-0.3, -0.25) is 4.79 Å². The van der Waals surface area contributed by atoms with Crippen LogP contribution in [0.2, 0.25) is 0 Å². The van der Waals surface area contributed by atoms with Gasteiger partial charge in [-0.25, -0.2) is 0 Å². The highest BCUT2D eigenvalue weighted by atomic mass is 16.5. The zero-order valence-electron chi connectivity index (χ0n) is 10.9. The summed E-state index contributed by atoms with van der Waals surface area (Å²) in [5, 5.41) is 6.52. The Morgan fingerprint density at radius 1 is 1.53 bits per heavy atom. The van der Waals surface area contributed by atoms with Crippen LogP contribution in [0.3, 0.4) is 0 Å². The SMILES string of the molecule is CCC1(C(=O)NC2CCC(OC)C2)CCNC1. The van der Waals surface area contributed by atoms with E-state index in [4.69, 9.17) is 4.74 Å². The molecule has 1 saturated carbocycles. The number of ether oxygens (including phenoxy) is 1. The van der Waals surface area contributed by atoms with Crippen LogP contribution in [-0.2, 0) is 9.53 Å². The van der Waals surface area contributed by atoms with Crippen LogP contribution >= 0.6 is 0 Å². The van der Waals surface area contributed by atoms with E-state index in [1.807, 2.05) is 0 Å². The summed E-state index contributed by atoms with van der Waals surface area (Å²) in [6, 6.07) is 0.316. The molecule has 98 valence electrons. The van der Waals surface area contributed by atoms with Crippen molar-refractivity contribution in [3.8, 4) is 0 Å². The van der Waals surface area contributed by atoms with E-state index in [1.54, 1.807) is 7.11 Å². The number of hydrogen-bond acceptors (Lipinski definition) is 3. The topological polar surface area (TPSA) is 50.4 Å². The van der Waals surface area contributed by atoms with Gasteiger partial charge < -0.3 is 15.4 Å². The second-order valence-electron chi connectivity index (χ2n) is 5.40. The predicted octanol–water partition coefficient (Wildman–Crippen LogP) is 1.06. The van der Waals surface area contributed by atoms with E-state index in [1.165, 1.54) is 0 Å². The summed E-state index contributed by atoms with van der Waals surface area (Å²) in [5.74, 6) is 0.242. The summed E-state index contributed by atoms with van der Waals surface area (Å²) >= 11 is 0. The van der Waals surface area contributed by atoms with Crippen molar-refractivity contribution in [3.05, 3.63) is 0 Å². The molecule has 4 nitrogen and oxygen atoms in total. The van der Waals surface area contributed by atoms with Crippen molar-refractivity contribution in [1.29, 1.82) is 0 Å². The molecular weight excluding hydrogens is 216 g/mol. The fourth-order valence-electron chi connectivity index (χ4n) is 3.02. The van der Waals surface area contributed by atoms with Crippen LogP contribution in [-0.4, -0.2) is 38.3 Å². The summed E-state index contributed by atoms with van der Waals surface area (Å²) in [7, 11) is 1.75. The molecule has 1 saturated heterocycles. The van der Waals surface area contributed by atoms with E-state index in [0.717, 1.165) is 45.2 Å². The number of amides is 1. The molecule has 1 aliphatic heterocycles. The first-order chi connectivity index (χ1) is 8.20. The van der Waals surface area contributed by atoms with Crippen molar-refractivity contribution in [2.24, 2.45) is 5.41 Å². The van der Waals surface area contributed by atoms with Crippen molar-refractivity contribution >= 4 is 5.91 Å². The number of nitrogens with one attached hydrogen (secondary N) is 2. The van der Waals surface area contributed by atoms with E-state index in [0.29, 0.717) is 12.1 Å². The van der Waals surface area contributed by atoms with Gasteiger partial charge in [0.1, 0.15) is 0 Å². The van der Waals surface area contributed by atoms with E-state index in [-0.39, 0.29) is 11.3 Å². The number of methoxy groups -OCH3 is 1. The van der Waals surface area contributed by atoms with Crippen LogP contribution in [0.5, 0.6) is 0 Å². The van der Waals surface area contributed by atoms with Crippen molar-refractivity contribution in [2.75, 3.05) is 20.2 Å². The molecule has 3 unspecified atom stereocenters. The minimum atomic E-state index is -0.162. The van der Waals surface area contributed by atoms with Crippen molar-refractivity contribution in [2.45, 2.75) is 51.2 Å². The largest absolute Gasteiger partial charge is 0.381 e. The summed E-state index contributed by atoms with van der Waals surface area (Å²) in [6.45, 7) is 3.90. The summed E-state index contributed by atoms with van der Waals surface area (Å²) in [5.41, 5.74) is -0.162. The van der Waals surface area contributed by atoms with Crippen LogP contribution < -0.4 is 10.6 Å². The van der Waals surface area contributed by atoms with Gasteiger partial charge in [-0.1, -0.05) is 6.92 Å². The van der Waals surface area contributed by atoms with E-state index >= 15 is 0 Å². The minimum absolute atomic E-state index is 0.162. The molecule has 1 heterocycles. The lowest BCUT2D eigenvalue weighted by atomic mass is 9.83. The Balaban J connectivity index is 1.88. The van der Waals surface area contributed by atoms with Gasteiger partial charge in [0.05, 0.1) is 11.5 Å². The first-order valence-corrected chi connectivity index (χ1v) is 6.74. The molecule has 0 aromatic carbocycles. The standard InChI is InChI=1S/C13H24N2O2/c1-3-13(6-7-14-9-13)12(16)15-10-4-5-11(8-10)17-2/h10-11,14H,3-9H2,1-2H3,(H,15,16). The zero-order chi connectivity index (χ0) is 12.3. The van der Waals surface area contributed by atoms with Crippen molar-refractivity contribution in [1.82, 2.24) is 10.6 Å². The Kier molecular flexibility index (Phi) is 4.05. The molecule has 2 N–H and O–H groups in total. The van der Waals surface area contributed by atoms with E-state index < -0.39 is 0 Å². The minimum Gasteiger partial charge on any atom is -0.381 e. The summed E-state index contributed by atoms with van der Waals surface area (Å²) < 4.78 is 5.34. The Bertz CT molecular complexity index is 275. The maximum atomic E-state index is 12.4. The fourth-order valence-corrected chi connectivity index (χ4v) is 3.02.